The molecule has 5 rings (SSSR count). The Labute approximate surface area is 141 Å². The van der Waals surface area contributed by atoms with Gasteiger partial charge < -0.3 is 10.6 Å². The molecule has 0 aliphatic heterocycles. The zero-order valence-corrected chi connectivity index (χ0v) is 14.2. The highest BCUT2D eigenvalue weighted by atomic mass is 32.1. The van der Waals surface area contributed by atoms with Gasteiger partial charge in [-0.15, -0.1) is 11.3 Å². The van der Waals surface area contributed by atoms with Crippen molar-refractivity contribution >= 4 is 23.2 Å². The van der Waals surface area contributed by atoms with Crippen LogP contribution in [0.25, 0.3) is 0 Å². The van der Waals surface area contributed by atoms with Crippen LogP contribution in [0.1, 0.15) is 43.4 Å². The van der Waals surface area contributed by atoms with Crippen molar-refractivity contribution in [2.24, 2.45) is 23.2 Å². The van der Waals surface area contributed by atoms with Crippen molar-refractivity contribution in [1.29, 1.82) is 0 Å². The Morgan fingerprint density at radius 3 is 2.30 bits per heavy atom. The van der Waals surface area contributed by atoms with Crippen LogP contribution in [0.15, 0.2) is 17.5 Å². The first kappa shape index (κ1) is 15.2. The SMILES string of the molecule is O=C(CNC(=O)C12CC3CC(CC(C3)C1)C2)NCc1cccs1. The average molecular weight is 332 g/mol. The van der Waals surface area contributed by atoms with Gasteiger partial charge in [-0.3, -0.25) is 9.59 Å². The molecule has 4 aliphatic rings. The van der Waals surface area contributed by atoms with Crippen molar-refractivity contribution in [3.8, 4) is 0 Å². The van der Waals surface area contributed by atoms with E-state index in [0.717, 1.165) is 41.9 Å². The van der Waals surface area contributed by atoms with Gasteiger partial charge in [0.05, 0.1) is 13.1 Å². The minimum absolute atomic E-state index is 0.100. The topological polar surface area (TPSA) is 58.2 Å². The lowest BCUT2D eigenvalue weighted by Gasteiger charge is -2.55. The maximum Gasteiger partial charge on any atom is 0.239 e. The number of amides is 2. The Kier molecular flexibility index (Phi) is 3.92. The van der Waals surface area contributed by atoms with Crippen molar-refractivity contribution in [2.75, 3.05) is 6.54 Å². The number of rotatable bonds is 5. The summed E-state index contributed by atoms with van der Waals surface area (Å²) in [7, 11) is 0. The monoisotopic (exact) mass is 332 g/mol. The van der Waals surface area contributed by atoms with E-state index in [-0.39, 0.29) is 23.8 Å². The minimum atomic E-state index is -0.164. The molecule has 2 amide bonds. The number of hydrogen-bond donors (Lipinski definition) is 2. The molecule has 0 spiro atoms. The van der Waals surface area contributed by atoms with Gasteiger partial charge in [-0.2, -0.15) is 0 Å². The summed E-state index contributed by atoms with van der Waals surface area (Å²) in [4.78, 5) is 25.8. The molecule has 0 aromatic carbocycles. The van der Waals surface area contributed by atoms with Crippen molar-refractivity contribution in [1.82, 2.24) is 10.6 Å². The molecule has 5 heteroatoms. The smallest absolute Gasteiger partial charge is 0.239 e. The largest absolute Gasteiger partial charge is 0.350 e. The summed E-state index contributed by atoms with van der Waals surface area (Å²) in [6.07, 6.45) is 7.11. The van der Waals surface area contributed by atoms with Crippen molar-refractivity contribution < 1.29 is 9.59 Å². The van der Waals surface area contributed by atoms with Crippen LogP contribution < -0.4 is 10.6 Å². The average Bonchev–Trinajstić information content (AvgIpc) is 3.02. The molecule has 4 bridgehead atoms. The Bertz CT molecular complexity index is 561. The molecule has 2 N–H and O–H groups in total. The lowest BCUT2D eigenvalue weighted by molar-refractivity contribution is -0.147. The van der Waals surface area contributed by atoms with Gasteiger partial charge in [0.2, 0.25) is 11.8 Å². The predicted octanol–water partition coefficient (Wildman–Crippen LogP) is 2.70. The third kappa shape index (κ3) is 3.03. The van der Waals surface area contributed by atoms with Crippen LogP contribution in [0.5, 0.6) is 0 Å². The van der Waals surface area contributed by atoms with Crippen LogP contribution in [-0.2, 0) is 16.1 Å². The normalized spacial score (nSPS) is 34.3. The standard InChI is InChI=1S/C18H24N2O2S/c21-16(19-10-15-2-1-3-23-15)11-20-17(22)18-7-12-4-13(8-18)6-14(5-12)9-18/h1-3,12-14H,4-11H2,(H,19,21)(H,20,22). The third-order valence-electron chi connectivity index (χ3n) is 5.97. The number of thiophene rings is 1. The summed E-state index contributed by atoms with van der Waals surface area (Å²) in [6.45, 7) is 0.649. The summed E-state index contributed by atoms with van der Waals surface area (Å²) >= 11 is 1.63. The Morgan fingerprint density at radius 2 is 1.74 bits per heavy atom. The second-order valence-electron chi connectivity index (χ2n) is 7.74. The number of carbonyl (C=O) groups excluding carboxylic acids is 2. The van der Waals surface area contributed by atoms with E-state index in [0.29, 0.717) is 6.54 Å². The molecule has 0 unspecified atom stereocenters. The Morgan fingerprint density at radius 1 is 1.09 bits per heavy atom. The fourth-order valence-corrected chi connectivity index (χ4v) is 6.04. The molecule has 0 saturated heterocycles. The van der Waals surface area contributed by atoms with E-state index in [2.05, 4.69) is 10.6 Å². The number of nitrogens with one attached hydrogen (secondary N) is 2. The molecule has 4 nitrogen and oxygen atoms in total. The van der Waals surface area contributed by atoms with Crippen LogP contribution in [0, 0.1) is 23.2 Å². The summed E-state index contributed by atoms with van der Waals surface area (Å²) in [5.74, 6) is 2.28. The maximum absolute atomic E-state index is 12.7. The van der Waals surface area contributed by atoms with E-state index in [9.17, 15) is 9.59 Å². The van der Waals surface area contributed by atoms with Crippen LogP contribution >= 0.6 is 11.3 Å². The molecule has 4 fully saturated rings. The molecule has 1 aromatic heterocycles. The van der Waals surface area contributed by atoms with Crippen LogP contribution in [0.4, 0.5) is 0 Å². The highest BCUT2D eigenvalue weighted by molar-refractivity contribution is 7.09. The number of hydrogen-bond acceptors (Lipinski definition) is 3. The lowest BCUT2D eigenvalue weighted by Crippen LogP contribution is -2.54. The summed E-state index contributed by atoms with van der Waals surface area (Å²) in [5.41, 5.74) is -0.164. The molecule has 124 valence electrons. The van der Waals surface area contributed by atoms with E-state index in [4.69, 9.17) is 0 Å². The van der Waals surface area contributed by atoms with Gasteiger partial charge in [-0.05, 0) is 67.7 Å². The van der Waals surface area contributed by atoms with Crippen molar-refractivity contribution in [2.45, 2.75) is 45.1 Å². The van der Waals surface area contributed by atoms with Crippen molar-refractivity contribution in [3.05, 3.63) is 22.4 Å². The summed E-state index contributed by atoms with van der Waals surface area (Å²) in [5, 5.41) is 7.79. The molecule has 1 heterocycles. The maximum atomic E-state index is 12.7. The Balaban J connectivity index is 1.29. The molecule has 0 radical (unpaired) electrons. The van der Waals surface area contributed by atoms with E-state index in [1.54, 1.807) is 11.3 Å². The van der Waals surface area contributed by atoms with Gasteiger partial charge in [-0.25, -0.2) is 0 Å². The molecule has 0 atom stereocenters. The molecule has 4 saturated carbocycles. The summed E-state index contributed by atoms with van der Waals surface area (Å²) < 4.78 is 0. The number of carbonyl (C=O) groups is 2. The van der Waals surface area contributed by atoms with Crippen molar-refractivity contribution in [3.63, 3.8) is 0 Å². The second kappa shape index (κ2) is 5.93. The van der Waals surface area contributed by atoms with E-state index in [1.165, 1.54) is 19.3 Å². The highest BCUT2D eigenvalue weighted by Gasteiger charge is 2.54. The first-order chi connectivity index (χ1) is 11.1. The van der Waals surface area contributed by atoms with Crippen LogP contribution in [0.3, 0.4) is 0 Å². The van der Waals surface area contributed by atoms with Gasteiger partial charge in [-0.1, -0.05) is 6.07 Å². The van der Waals surface area contributed by atoms with Crippen LogP contribution in [-0.4, -0.2) is 18.4 Å². The van der Waals surface area contributed by atoms with Crippen LogP contribution in [0.2, 0.25) is 0 Å². The zero-order chi connectivity index (χ0) is 15.9. The van der Waals surface area contributed by atoms with E-state index >= 15 is 0 Å². The second-order valence-corrected chi connectivity index (χ2v) is 8.77. The van der Waals surface area contributed by atoms with Gasteiger partial charge >= 0.3 is 0 Å². The first-order valence-electron chi connectivity index (χ1n) is 8.70. The van der Waals surface area contributed by atoms with Gasteiger partial charge in [0, 0.05) is 10.3 Å². The third-order valence-corrected chi connectivity index (χ3v) is 6.85. The van der Waals surface area contributed by atoms with Gasteiger partial charge in [0.15, 0.2) is 0 Å². The predicted molar refractivity (Wildman–Crippen MR) is 89.8 cm³/mol. The Hall–Kier alpha value is -1.36. The quantitative estimate of drug-likeness (QED) is 0.871. The molecular formula is C18H24N2O2S. The molecule has 23 heavy (non-hydrogen) atoms. The fourth-order valence-electron chi connectivity index (χ4n) is 5.40. The lowest BCUT2D eigenvalue weighted by atomic mass is 9.49. The van der Waals surface area contributed by atoms with E-state index < -0.39 is 0 Å². The fraction of sp³-hybridized carbons (Fsp3) is 0.667. The molecular weight excluding hydrogens is 308 g/mol. The van der Waals surface area contributed by atoms with Gasteiger partial charge in [0.25, 0.3) is 0 Å². The highest BCUT2D eigenvalue weighted by Crippen LogP contribution is 2.60. The molecule has 4 aliphatic carbocycles. The van der Waals surface area contributed by atoms with E-state index in [1.807, 2.05) is 17.5 Å². The zero-order valence-electron chi connectivity index (χ0n) is 13.3. The summed E-state index contributed by atoms with van der Waals surface area (Å²) in [6, 6.07) is 3.97. The van der Waals surface area contributed by atoms with Gasteiger partial charge in [0.1, 0.15) is 0 Å². The minimum Gasteiger partial charge on any atom is -0.350 e. The first-order valence-corrected chi connectivity index (χ1v) is 9.58. The molecule has 1 aromatic rings.